The molecule has 2 aromatic rings. The van der Waals surface area contributed by atoms with Crippen LogP contribution >= 0.6 is 27.3 Å². The van der Waals surface area contributed by atoms with E-state index in [0.717, 1.165) is 16.9 Å². The van der Waals surface area contributed by atoms with E-state index in [4.69, 9.17) is 4.74 Å². The van der Waals surface area contributed by atoms with Gasteiger partial charge >= 0.3 is 5.97 Å². The van der Waals surface area contributed by atoms with Crippen molar-refractivity contribution < 1.29 is 19.2 Å². The van der Waals surface area contributed by atoms with Crippen molar-refractivity contribution >= 4 is 50.5 Å². The summed E-state index contributed by atoms with van der Waals surface area (Å²) in [5.41, 5.74) is 1.28. The van der Waals surface area contributed by atoms with Crippen LogP contribution in [0.5, 0.6) is 0 Å². The molecule has 0 aliphatic rings. The van der Waals surface area contributed by atoms with Gasteiger partial charge in [0, 0.05) is 21.5 Å². The van der Waals surface area contributed by atoms with Crippen LogP contribution in [0.1, 0.15) is 27.0 Å². The summed E-state index contributed by atoms with van der Waals surface area (Å²) in [4.78, 5) is 35.6. The molecule has 1 N–H and O–H groups in total. The number of rotatable bonds is 6. The molecule has 0 aliphatic heterocycles. The molecular formula is C16H15BrN2O5S. The van der Waals surface area contributed by atoms with Crippen LogP contribution < -0.4 is 5.32 Å². The lowest BCUT2D eigenvalue weighted by molar-refractivity contribution is -0.384. The lowest BCUT2D eigenvalue weighted by atomic mass is 10.2. The van der Waals surface area contributed by atoms with E-state index in [0.29, 0.717) is 15.0 Å². The van der Waals surface area contributed by atoms with Crippen molar-refractivity contribution in [3.05, 3.63) is 54.2 Å². The van der Waals surface area contributed by atoms with Gasteiger partial charge < -0.3 is 10.1 Å². The summed E-state index contributed by atoms with van der Waals surface area (Å²) in [5, 5.41) is 13.2. The van der Waals surface area contributed by atoms with Crippen LogP contribution in [0.15, 0.2) is 28.7 Å². The van der Waals surface area contributed by atoms with E-state index in [1.54, 1.807) is 6.07 Å². The number of benzene rings is 1. The minimum absolute atomic E-state index is 0.101. The van der Waals surface area contributed by atoms with Gasteiger partial charge in [0.05, 0.1) is 10.6 Å². The molecule has 0 atom stereocenters. The van der Waals surface area contributed by atoms with Gasteiger partial charge in [0.1, 0.15) is 4.88 Å². The number of nitro groups is 1. The first-order chi connectivity index (χ1) is 11.8. The number of anilines is 1. The second kappa shape index (κ2) is 8.21. The molecule has 1 aromatic carbocycles. The highest BCUT2D eigenvalue weighted by Crippen LogP contribution is 2.27. The van der Waals surface area contributed by atoms with Crippen LogP contribution in [0.25, 0.3) is 0 Å². The Morgan fingerprint density at radius 3 is 2.64 bits per heavy atom. The SMILES string of the molecule is CCc1sc(C(=O)OCC(=O)Nc2ccc([N+](=O)[O-])cc2Br)cc1C. The summed E-state index contributed by atoms with van der Waals surface area (Å²) >= 11 is 4.51. The summed E-state index contributed by atoms with van der Waals surface area (Å²) in [6.45, 7) is 3.48. The summed E-state index contributed by atoms with van der Waals surface area (Å²) in [6, 6.07) is 5.70. The molecule has 0 radical (unpaired) electrons. The highest BCUT2D eigenvalue weighted by atomic mass is 79.9. The Labute approximate surface area is 156 Å². The highest BCUT2D eigenvalue weighted by molar-refractivity contribution is 9.10. The van der Waals surface area contributed by atoms with Crippen LogP contribution in [0, 0.1) is 17.0 Å². The Balaban J connectivity index is 1.94. The van der Waals surface area contributed by atoms with Crippen molar-refractivity contribution in [2.75, 3.05) is 11.9 Å². The fourth-order valence-electron chi connectivity index (χ4n) is 2.08. The van der Waals surface area contributed by atoms with Gasteiger partial charge in [-0.2, -0.15) is 0 Å². The second-order valence-electron chi connectivity index (χ2n) is 5.12. The number of hydrogen-bond acceptors (Lipinski definition) is 6. The Morgan fingerprint density at radius 1 is 1.36 bits per heavy atom. The van der Waals surface area contributed by atoms with E-state index in [9.17, 15) is 19.7 Å². The van der Waals surface area contributed by atoms with Gasteiger partial charge in [0.15, 0.2) is 6.61 Å². The lowest BCUT2D eigenvalue weighted by Gasteiger charge is -2.07. The summed E-state index contributed by atoms with van der Waals surface area (Å²) in [7, 11) is 0. The van der Waals surface area contributed by atoms with Gasteiger partial charge in [-0.05, 0) is 47.0 Å². The molecule has 2 rings (SSSR count). The highest BCUT2D eigenvalue weighted by Gasteiger charge is 2.16. The lowest BCUT2D eigenvalue weighted by Crippen LogP contribution is -2.20. The molecule has 1 aromatic heterocycles. The maximum absolute atomic E-state index is 12.0. The maximum Gasteiger partial charge on any atom is 0.348 e. The molecule has 0 aliphatic carbocycles. The van der Waals surface area contributed by atoms with Crippen molar-refractivity contribution in [1.82, 2.24) is 0 Å². The average molecular weight is 427 g/mol. The van der Waals surface area contributed by atoms with Gasteiger partial charge in [0.25, 0.3) is 11.6 Å². The van der Waals surface area contributed by atoms with Gasteiger partial charge in [-0.1, -0.05) is 6.92 Å². The Kier molecular flexibility index (Phi) is 6.27. The Hall–Kier alpha value is -2.26. The number of carbonyl (C=O) groups excluding carboxylic acids is 2. The van der Waals surface area contributed by atoms with Crippen LogP contribution in [0.4, 0.5) is 11.4 Å². The van der Waals surface area contributed by atoms with Crippen molar-refractivity contribution in [1.29, 1.82) is 0 Å². The molecule has 0 spiro atoms. The zero-order chi connectivity index (χ0) is 18.6. The maximum atomic E-state index is 12.0. The number of aryl methyl sites for hydroxylation is 2. The number of nitrogens with zero attached hydrogens (tertiary/aromatic N) is 1. The minimum Gasteiger partial charge on any atom is -0.451 e. The number of hydrogen-bond donors (Lipinski definition) is 1. The van der Waals surface area contributed by atoms with E-state index in [2.05, 4.69) is 21.2 Å². The topological polar surface area (TPSA) is 98.5 Å². The number of nitrogens with one attached hydrogen (secondary N) is 1. The van der Waals surface area contributed by atoms with Crippen LogP contribution in [0.2, 0.25) is 0 Å². The first kappa shape index (κ1) is 19.1. The van der Waals surface area contributed by atoms with Crippen molar-refractivity contribution in [3.63, 3.8) is 0 Å². The van der Waals surface area contributed by atoms with E-state index >= 15 is 0 Å². The van der Waals surface area contributed by atoms with Gasteiger partial charge in [-0.25, -0.2) is 4.79 Å². The number of esters is 1. The number of nitro benzene ring substituents is 1. The standard InChI is InChI=1S/C16H15BrN2O5S/c1-3-13-9(2)6-14(25-13)16(21)24-8-15(20)18-12-5-4-10(19(22)23)7-11(12)17/h4-7H,3,8H2,1-2H3,(H,18,20). The number of halogens is 1. The fourth-order valence-corrected chi connectivity index (χ4v) is 3.55. The second-order valence-corrected chi connectivity index (χ2v) is 7.11. The number of non-ortho nitro benzene ring substituents is 1. The largest absolute Gasteiger partial charge is 0.451 e. The Bertz CT molecular complexity index is 834. The molecule has 0 bridgehead atoms. The van der Waals surface area contributed by atoms with E-state index in [1.807, 2.05) is 13.8 Å². The van der Waals surface area contributed by atoms with Gasteiger partial charge in [-0.15, -0.1) is 11.3 Å². The average Bonchev–Trinajstić information content (AvgIpc) is 2.95. The molecule has 1 amide bonds. The Morgan fingerprint density at radius 2 is 2.08 bits per heavy atom. The van der Waals surface area contributed by atoms with Crippen molar-refractivity contribution in [2.24, 2.45) is 0 Å². The van der Waals surface area contributed by atoms with Crippen LogP contribution in [-0.4, -0.2) is 23.4 Å². The van der Waals surface area contributed by atoms with Crippen molar-refractivity contribution in [3.8, 4) is 0 Å². The molecule has 0 saturated carbocycles. The molecule has 1 heterocycles. The third kappa shape index (κ3) is 4.86. The number of thiophene rings is 1. The van der Waals surface area contributed by atoms with E-state index in [1.165, 1.54) is 29.5 Å². The van der Waals surface area contributed by atoms with Gasteiger partial charge in [-0.3, -0.25) is 14.9 Å². The smallest absolute Gasteiger partial charge is 0.348 e. The van der Waals surface area contributed by atoms with Crippen LogP contribution in [-0.2, 0) is 16.0 Å². The molecule has 0 unspecified atom stereocenters. The van der Waals surface area contributed by atoms with Gasteiger partial charge in [0.2, 0.25) is 0 Å². The molecule has 0 saturated heterocycles. The first-order valence-corrected chi connectivity index (χ1v) is 8.93. The molecule has 132 valence electrons. The zero-order valence-corrected chi connectivity index (χ0v) is 15.9. The van der Waals surface area contributed by atoms with E-state index < -0.39 is 23.4 Å². The number of amides is 1. The van der Waals surface area contributed by atoms with Crippen molar-refractivity contribution in [2.45, 2.75) is 20.3 Å². The summed E-state index contributed by atoms with van der Waals surface area (Å²) < 4.78 is 5.38. The number of ether oxygens (including phenoxy) is 1. The molecule has 7 nitrogen and oxygen atoms in total. The molecule has 25 heavy (non-hydrogen) atoms. The third-order valence-corrected chi connectivity index (χ3v) is 5.33. The third-order valence-electron chi connectivity index (χ3n) is 3.31. The monoisotopic (exact) mass is 426 g/mol. The fraction of sp³-hybridized carbons (Fsp3) is 0.250. The predicted molar refractivity (Wildman–Crippen MR) is 98.1 cm³/mol. The first-order valence-electron chi connectivity index (χ1n) is 7.32. The quantitative estimate of drug-likeness (QED) is 0.426. The zero-order valence-electron chi connectivity index (χ0n) is 13.5. The molecular weight excluding hydrogens is 412 g/mol. The van der Waals surface area contributed by atoms with E-state index in [-0.39, 0.29) is 5.69 Å². The summed E-state index contributed by atoms with van der Waals surface area (Å²) in [6.07, 6.45) is 0.832. The predicted octanol–water partition coefficient (Wildman–Crippen LogP) is 4.09. The summed E-state index contributed by atoms with van der Waals surface area (Å²) in [5.74, 6) is -1.09. The van der Waals surface area contributed by atoms with Crippen LogP contribution in [0.3, 0.4) is 0 Å². The molecule has 0 fully saturated rings. The number of carbonyl (C=O) groups is 2. The minimum atomic E-state index is -0.550. The molecule has 9 heteroatoms. The normalized spacial score (nSPS) is 10.4.